The van der Waals surface area contributed by atoms with E-state index >= 15 is 0 Å². The van der Waals surface area contributed by atoms with Crippen molar-refractivity contribution in [3.8, 4) is 0 Å². The van der Waals surface area contributed by atoms with Crippen molar-refractivity contribution in [2.75, 3.05) is 0 Å². The first-order valence-electron chi connectivity index (χ1n) is 1.65. The van der Waals surface area contributed by atoms with Crippen LogP contribution in [-0.2, 0) is 0 Å². The van der Waals surface area contributed by atoms with Crippen LogP contribution in [0.3, 0.4) is 0 Å². The Hall–Kier alpha value is 0.0194. The standard InChI is InChI=1S/CH2O3.Al.H3Si.2H/c2-1(3)4;;;;/h(H2,2,3,4);;1H3;;. The minimum Gasteiger partial charge on any atom is -0.450 e. The molecule has 0 fully saturated rings. The fraction of sp³-hybridized carbons (Fsp3) is 0. The molecule has 0 aromatic heterocycles. The second-order valence-corrected chi connectivity index (χ2v) is 0.283. The average Bonchev–Trinajstić information content (AvgIpc) is 1.41. The molecule has 0 atom stereocenters. The third-order valence-electron chi connectivity index (χ3n) is 0. The Morgan fingerprint density at radius 2 is 1.50 bits per heavy atom. The van der Waals surface area contributed by atoms with Crippen LogP contribution in [0.1, 0.15) is 0 Å². The lowest BCUT2D eigenvalue weighted by Gasteiger charge is -1.60. The molecule has 0 aromatic carbocycles. The van der Waals surface area contributed by atoms with Gasteiger partial charge in [-0.25, -0.2) is 4.79 Å². The van der Waals surface area contributed by atoms with Crippen LogP contribution in [0.25, 0.3) is 0 Å². The van der Waals surface area contributed by atoms with Crippen LogP contribution in [0.5, 0.6) is 0 Å². The SMILES string of the molecule is O=C(O)O.[AlH2][SiH3]. The van der Waals surface area contributed by atoms with Crippen LogP contribution in [0.4, 0.5) is 4.79 Å². The molecule has 0 saturated heterocycles. The van der Waals surface area contributed by atoms with Crippen molar-refractivity contribution < 1.29 is 15.0 Å². The highest BCUT2D eigenvalue weighted by atomic mass is 28.7. The lowest BCUT2D eigenvalue weighted by molar-refractivity contribution is 0.137. The summed E-state index contributed by atoms with van der Waals surface area (Å²) in [4.78, 5) is 8.56. The summed E-state index contributed by atoms with van der Waals surface area (Å²) in [5.74, 6) is 0. The van der Waals surface area contributed by atoms with Crippen LogP contribution in [0.2, 0.25) is 0 Å². The number of hydrogen-bond donors (Lipinski definition) is 2. The van der Waals surface area contributed by atoms with Crippen LogP contribution in [0.15, 0.2) is 0 Å². The zero-order chi connectivity index (χ0) is 5.58. The zero-order valence-electron chi connectivity index (χ0n) is 3.80. The van der Waals surface area contributed by atoms with E-state index in [0.29, 0.717) is 0 Å². The number of carbonyl (C=O) groups is 1. The summed E-state index contributed by atoms with van der Waals surface area (Å²) in [5, 5.41) is 13.9. The maximum absolute atomic E-state index is 8.56. The molecule has 0 unspecified atom stereocenters. The van der Waals surface area contributed by atoms with E-state index in [9.17, 15) is 0 Å². The molecule has 0 bridgehead atoms. The van der Waals surface area contributed by atoms with Gasteiger partial charge in [0.05, 0.1) is 0 Å². The first-order valence-corrected chi connectivity index (χ1v) is 9.65. The van der Waals surface area contributed by atoms with Crippen molar-refractivity contribution in [3.05, 3.63) is 0 Å². The third-order valence-corrected chi connectivity index (χ3v) is 0. The Morgan fingerprint density at radius 1 is 1.50 bits per heavy atom. The topological polar surface area (TPSA) is 57.5 Å². The van der Waals surface area contributed by atoms with E-state index in [0.717, 1.165) is 0 Å². The smallest absolute Gasteiger partial charge is 0.450 e. The lowest BCUT2D eigenvalue weighted by atomic mass is 11.5. The van der Waals surface area contributed by atoms with E-state index in [-0.39, 0.29) is 0 Å². The van der Waals surface area contributed by atoms with Crippen molar-refractivity contribution >= 4 is 30.6 Å². The van der Waals surface area contributed by atoms with Gasteiger partial charge in [-0.3, -0.25) is 0 Å². The van der Waals surface area contributed by atoms with Crippen molar-refractivity contribution in [2.24, 2.45) is 0 Å². The molecule has 0 amide bonds. The van der Waals surface area contributed by atoms with Gasteiger partial charge < -0.3 is 10.2 Å². The molecule has 0 saturated carbocycles. The van der Waals surface area contributed by atoms with Crippen LogP contribution >= 0.6 is 0 Å². The van der Waals surface area contributed by atoms with Gasteiger partial charge in [-0.15, -0.1) is 0 Å². The first-order chi connectivity index (χ1) is 2.73. The molecule has 0 aliphatic rings. The summed E-state index contributed by atoms with van der Waals surface area (Å²) in [5.41, 5.74) is 0. The number of carboxylic acid groups (broad SMARTS) is 2. The summed E-state index contributed by atoms with van der Waals surface area (Å²) in [6, 6.07) is 0. The Balaban J connectivity index is 0. The van der Waals surface area contributed by atoms with E-state index in [1.807, 2.05) is 0 Å². The fourth-order valence-electron chi connectivity index (χ4n) is 0. The van der Waals surface area contributed by atoms with E-state index in [4.69, 9.17) is 15.0 Å². The second-order valence-electron chi connectivity index (χ2n) is 0.283. The summed E-state index contributed by atoms with van der Waals surface area (Å²) in [7, 11) is 1.44. The van der Waals surface area contributed by atoms with E-state index < -0.39 is 6.16 Å². The van der Waals surface area contributed by atoms with Crippen molar-refractivity contribution in [1.29, 1.82) is 0 Å². The van der Waals surface area contributed by atoms with Gasteiger partial charge >= 0.3 is 6.16 Å². The summed E-state index contributed by atoms with van der Waals surface area (Å²) < 4.78 is 0. The molecular formula is CH7AlO3Si. The molecule has 0 aromatic rings. The molecule has 0 spiro atoms. The monoisotopic (exact) mass is 122 g/mol. The molecule has 0 aliphatic heterocycles. The van der Waals surface area contributed by atoms with Gasteiger partial charge in [0.15, 0.2) is 15.6 Å². The third kappa shape index (κ3) is 97900. The second kappa shape index (κ2) is 8.89. The van der Waals surface area contributed by atoms with Crippen molar-refractivity contribution in [3.63, 3.8) is 0 Å². The van der Waals surface area contributed by atoms with Crippen molar-refractivity contribution in [2.45, 2.75) is 0 Å². The molecule has 0 heterocycles. The molecule has 0 rings (SSSR count). The Labute approximate surface area is 46.3 Å². The van der Waals surface area contributed by atoms with Gasteiger partial charge in [0.2, 0.25) is 0 Å². The molecule has 3 nitrogen and oxygen atoms in total. The maximum atomic E-state index is 8.56. The maximum Gasteiger partial charge on any atom is 0.503 e. The normalized spacial score (nSPS) is 5.33. The molecule has 5 heteroatoms. The predicted molar refractivity (Wildman–Crippen MR) is 29.1 cm³/mol. The summed E-state index contributed by atoms with van der Waals surface area (Å²) in [6.07, 6.45) is -1.83. The minimum atomic E-state index is -1.83. The van der Waals surface area contributed by atoms with Crippen LogP contribution < -0.4 is 0 Å². The van der Waals surface area contributed by atoms with Gasteiger partial charge in [-0.2, -0.15) is 0 Å². The highest BCUT2D eigenvalue weighted by Crippen LogP contribution is 1.42. The first kappa shape index (κ1) is 9.39. The highest BCUT2D eigenvalue weighted by molar-refractivity contribution is 6.75. The van der Waals surface area contributed by atoms with E-state index in [1.165, 1.54) is 24.4 Å². The lowest BCUT2D eigenvalue weighted by Crippen LogP contribution is -1.81. The Bertz CT molecular complexity index is 33.8. The quantitative estimate of drug-likeness (QED) is 0.370. The van der Waals surface area contributed by atoms with Gasteiger partial charge in [0, 0.05) is 0 Å². The molecule has 6 heavy (non-hydrogen) atoms. The Kier molecular flexibility index (Phi) is 13.9. The molecular weight excluding hydrogens is 115 g/mol. The fourth-order valence-corrected chi connectivity index (χ4v) is 0. The van der Waals surface area contributed by atoms with Crippen LogP contribution in [0, 0.1) is 0 Å². The molecule has 0 radical (unpaired) electrons. The zero-order valence-corrected chi connectivity index (χ0v) is 7.80. The molecule has 36 valence electrons. The van der Waals surface area contributed by atoms with Crippen LogP contribution in [-0.4, -0.2) is 40.8 Å². The molecule has 0 aliphatic carbocycles. The summed E-state index contributed by atoms with van der Waals surface area (Å²) >= 11 is 1.44. The van der Waals surface area contributed by atoms with Gasteiger partial charge in [-0.05, 0) is 0 Å². The number of rotatable bonds is 0. The molecule has 2 N–H and O–H groups in total. The Morgan fingerprint density at radius 3 is 1.50 bits per heavy atom. The highest BCUT2D eigenvalue weighted by Gasteiger charge is 1.70. The van der Waals surface area contributed by atoms with Gasteiger partial charge in [0.25, 0.3) is 0 Å². The van der Waals surface area contributed by atoms with E-state index in [2.05, 4.69) is 0 Å². The minimum absolute atomic E-state index is 1.44. The van der Waals surface area contributed by atoms with Gasteiger partial charge in [-0.1, -0.05) is 8.80 Å². The largest absolute Gasteiger partial charge is 0.503 e. The van der Waals surface area contributed by atoms with Crippen molar-refractivity contribution in [1.82, 2.24) is 0 Å². The number of hydrogen-bond acceptors (Lipinski definition) is 1. The average molecular weight is 122 g/mol. The predicted octanol–water partition coefficient (Wildman–Crippen LogP) is -1.88. The van der Waals surface area contributed by atoms with E-state index in [1.54, 1.807) is 0 Å². The van der Waals surface area contributed by atoms with Gasteiger partial charge in [0.1, 0.15) is 0 Å². The summed E-state index contributed by atoms with van der Waals surface area (Å²) in [6.45, 7) is 0.